The number of esters is 2. The van der Waals surface area contributed by atoms with Gasteiger partial charge in [0.05, 0.1) is 33.1 Å². The van der Waals surface area contributed by atoms with Crippen molar-refractivity contribution in [3.63, 3.8) is 0 Å². The number of halogens is 1. The predicted octanol–water partition coefficient (Wildman–Crippen LogP) is 3.95. The van der Waals surface area contributed by atoms with E-state index in [1.165, 1.54) is 37.1 Å². The zero-order valence-electron chi connectivity index (χ0n) is 17.1. The number of aromatic nitrogens is 2. The van der Waals surface area contributed by atoms with Gasteiger partial charge in [0.1, 0.15) is 17.1 Å². The Morgan fingerprint density at radius 1 is 1.10 bits per heavy atom. The first-order chi connectivity index (χ1) is 15.0. The molecule has 0 amide bonds. The molecule has 1 heterocycles. The van der Waals surface area contributed by atoms with Crippen LogP contribution in [0, 0.1) is 5.82 Å². The molecule has 3 rings (SSSR count). The fourth-order valence-corrected chi connectivity index (χ4v) is 3.11. The lowest BCUT2D eigenvalue weighted by molar-refractivity contribution is 0.0549. The van der Waals surface area contributed by atoms with Crippen LogP contribution in [0.3, 0.4) is 0 Å². The third kappa shape index (κ3) is 4.54. The molecule has 0 spiro atoms. The van der Waals surface area contributed by atoms with E-state index in [4.69, 9.17) is 14.2 Å². The van der Waals surface area contributed by atoms with E-state index in [0.717, 1.165) is 0 Å². The number of hydrogen-bond donors (Lipinski definition) is 0. The highest BCUT2D eigenvalue weighted by atomic mass is 19.1. The topological polar surface area (TPSA) is 79.7 Å². The molecule has 0 N–H and O–H groups in total. The molecule has 1 aromatic heterocycles. The minimum Gasteiger partial charge on any atom is -0.465 e. The summed E-state index contributed by atoms with van der Waals surface area (Å²) in [6.45, 7) is 3.89. The Hall–Kier alpha value is -3.78. The van der Waals surface area contributed by atoms with Crippen molar-refractivity contribution in [3.05, 3.63) is 83.8 Å². The van der Waals surface area contributed by atoms with Crippen LogP contribution in [-0.2, 0) is 20.8 Å². The van der Waals surface area contributed by atoms with Crippen LogP contribution >= 0.6 is 0 Å². The molecule has 160 valence electrons. The van der Waals surface area contributed by atoms with Gasteiger partial charge in [0, 0.05) is 5.56 Å². The van der Waals surface area contributed by atoms with E-state index < -0.39 is 17.8 Å². The van der Waals surface area contributed by atoms with Crippen LogP contribution in [0.2, 0.25) is 0 Å². The summed E-state index contributed by atoms with van der Waals surface area (Å²) in [5.74, 6) is -2.02. The van der Waals surface area contributed by atoms with Crippen molar-refractivity contribution in [1.29, 1.82) is 0 Å². The molecule has 31 heavy (non-hydrogen) atoms. The normalized spacial score (nSPS) is 10.5. The fraction of sp³-hybridized carbons (Fsp3) is 0.174. The highest BCUT2D eigenvalue weighted by Crippen LogP contribution is 2.32. The molecular formula is C23H21FN2O5. The SMILES string of the molecule is C=CCOCc1cc(F)ccc1-c1nn(-c2ccccc2)c(C(=O)OC)c1C(=O)OC. The average Bonchev–Trinajstić information content (AvgIpc) is 3.19. The van der Waals surface area contributed by atoms with Gasteiger partial charge in [-0.1, -0.05) is 24.3 Å². The first-order valence-electron chi connectivity index (χ1n) is 9.34. The Balaban J connectivity index is 2.30. The van der Waals surface area contributed by atoms with Crippen molar-refractivity contribution in [3.8, 4) is 16.9 Å². The Morgan fingerprint density at radius 3 is 2.45 bits per heavy atom. The zero-order chi connectivity index (χ0) is 22.4. The van der Waals surface area contributed by atoms with Crippen molar-refractivity contribution in [1.82, 2.24) is 9.78 Å². The number of methoxy groups -OCH3 is 2. The van der Waals surface area contributed by atoms with Crippen LogP contribution in [-0.4, -0.2) is 42.5 Å². The second-order valence-electron chi connectivity index (χ2n) is 6.41. The van der Waals surface area contributed by atoms with Crippen molar-refractivity contribution in [2.24, 2.45) is 0 Å². The Labute approximate surface area is 178 Å². The van der Waals surface area contributed by atoms with Gasteiger partial charge in [-0.2, -0.15) is 5.10 Å². The molecule has 0 unspecified atom stereocenters. The van der Waals surface area contributed by atoms with Crippen LogP contribution in [0.4, 0.5) is 4.39 Å². The zero-order valence-corrected chi connectivity index (χ0v) is 17.1. The van der Waals surface area contributed by atoms with Gasteiger partial charge in [0.15, 0.2) is 5.69 Å². The summed E-state index contributed by atoms with van der Waals surface area (Å²) in [6, 6.07) is 12.8. The van der Waals surface area contributed by atoms with E-state index in [1.54, 1.807) is 30.3 Å². The van der Waals surface area contributed by atoms with Crippen LogP contribution in [0.1, 0.15) is 26.4 Å². The number of para-hydroxylation sites is 1. The number of ether oxygens (including phenoxy) is 3. The monoisotopic (exact) mass is 424 g/mol. The molecule has 0 saturated heterocycles. The minimum atomic E-state index is -0.778. The van der Waals surface area contributed by atoms with Gasteiger partial charge in [-0.25, -0.2) is 18.7 Å². The molecule has 0 aliphatic heterocycles. The van der Waals surface area contributed by atoms with E-state index in [1.807, 2.05) is 6.07 Å². The maximum absolute atomic E-state index is 14.0. The highest BCUT2D eigenvalue weighted by molar-refractivity contribution is 6.07. The lowest BCUT2D eigenvalue weighted by Crippen LogP contribution is -2.15. The van der Waals surface area contributed by atoms with Crippen LogP contribution in [0.15, 0.2) is 61.2 Å². The quantitative estimate of drug-likeness (QED) is 0.309. The molecule has 0 saturated carbocycles. The molecule has 0 radical (unpaired) electrons. The molecule has 0 atom stereocenters. The summed E-state index contributed by atoms with van der Waals surface area (Å²) < 4.78 is 30.6. The summed E-state index contributed by atoms with van der Waals surface area (Å²) in [5, 5.41) is 4.52. The summed E-state index contributed by atoms with van der Waals surface area (Å²) in [7, 11) is 2.41. The van der Waals surface area contributed by atoms with Gasteiger partial charge in [-0.15, -0.1) is 6.58 Å². The van der Waals surface area contributed by atoms with Gasteiger partial charge in [0.2, 0.25) is 0 Å². The van der Waals surface area contributed by atoms with E-state index >= 15 is 0 Å². The van der Waals surface area contributed by atoms with E-state index in [0.29, 0.717) is 16.8 Å². The Morgan fingerprint density at radius 2 is 1.81 bits per heavy atom. The molecule has 2 aromatic carbocycles. The smallest absolute Gasteiger partial charge is 0.357 e. The lowest BCUT2D eigenvalue weighted by atomic mass is 10.0. The molecule has 0 aliphatic rings. The number of carbonyl (C=O) groups is 2. The Kier molecular flexibility index (Phi) is 6.94. The van der Waals surface area contributed by atoms with Gasteiger partial charge in [-0.3, -0.25) is 0 Å². The largest absolute Gasteiger partial charge is 0.465 e. The van der Waals surface area contributed by atoms with Gasteiger partial charge in [0.25, 0.3) is 0 Å². The van der Waals surface area contributed by atoms with Crippen molar-refractivity contribution in [2.75, 3.05) is 20.8 Å². The van der Waals surface area contributed by atoms with E-state index in [9.17, 15) is 14.0 Å². The van der Waals surface area contributed by atoms with Gasteiger partial charge < -0.3 is 14.2 Å². The molecule has 0 bridgehead atoms. The molecule has 3 aromatic rings. The molecule has 7 nitrogen and oxygen atoms in total. The number of carbonyl (C=O) groups excluding carboxylic acids is 2. The highest BCUT2D eigenvalue weighted by Gasteiger charge is 2.32. The maximum atomic E-state index is 14.0. The van der Waals surface area contributed by atoms with Crippen molar-refractivity contribution < 1.29 is 28.2 Å². The summed E-state index contributed by atoms with van der Waals surface area (Å²) in [5.41, 5.74) is 1.36. The van der Waals surface area contributed by atoms with Crippen LogP contribution in [0.5, 0.6) is 0 Å². The maximum Gasteiger partial charge on any atom is 0.357 e. The number of benzene rings is 2. The summed E-state index contributed by atoms with van der Waals surface area (Å²) >= 11 is 0. The van der Waals surface area contributed by atoms with Crippen molar-refractivity contribution in [2.45, 2.75) is 6.61 Å². The predicted molar refractivity (Wildman–Crippen MR) is 111 cm³/mol. The number of rotatable bonds is 8. The van der Waals surface area contributed by atoms with Crippen LogP contribution in [0.25, 0.3) is 16.9 Å². The number of nitrogens with zero attached hydrogens (tertiary/aromatic N) is 2. The third-order valence-corrected chi connectivity index (χ3v) is 4.47. The molecular weight excluding hydrogens is 403 g/mol. The Bertz CT molecular complexity index is 1110. The first kappa shape index (κ1) is 21.9. The van der Waals surface area contributed by atoms with Crippen LogP contribution < -0.4 is 0 Å². The average molecular weight is 424 g/mol. The second kappa shape index (κ2) is 9.82. The van der Waals surface area contributed by atoms with E-state index in [2.05, 4.69) is 11.7 Å². The summed E-state index contributed by atoms with van der Waals surface area (Å²) in [6.07, 6.45) is 1.57. The van der Waals surface area contributed by atoms with E-state index in [-0.39, 0.29) is 30.2 Å². The molecule has 0 aliphatic carbocycles. The second-order valence-corrected chi connectivity index (χ2v) is 6.41. The number of hydrogen-bond acceptors (Lipinski definition) is 6. The lowest BCUT2D eigenvalue weighted by Gasteiger charge is -2.10. The first-order valence-corrected chi connectivity index (χ1v) is 9.34. The molecule has 8 heteroatoms. The molecule has 0 fully saturated rings. The van der Waals surface area contributed by atoms with Gasteiger partial charge >= 0.3 is 11.9 Å². The third-order valence-electron chi connectivity index (χ3n) is 4.47. The fourth-order valence-electron chi connectivity index (χ4n) is 3.11. The van der Waals surface area contributed by atoms with Crippen molar-refractivity contribution >= 4 is 11.9 Å². The van der Waals surface area contributed by atoms with Gasteiger partial charge in [-0.05, 0) is 35.9 Å². The summed E-state index contributed by atoms with van der Waals surface area (Å²) in [4.78, 5) is 25.4. The standard InChI is InChI=1S/C23H21FN2O5/c1-4-12-31-14-15-13-16(24)10-11-18(15)20-19(22(27)29-2)21(23(28)30-3)26(25-20)17-8-6-5-7-9-17/h4-11,13H,1,12,14H2,2-3H3. The minimum absolute atomic E-state index is 0.0471.